The Bertz CT molecular complexity index is 578. The van der Waals surface area contributed by atoms with Crippen molar-refractivity contribution in [3.8, 4) is 11.4 Å². The molecule has 0 radical (unpaired) electrons. The topological polar surface area (TPSA) is 58.6 Å². The smallest absolute Gasteiger partial charge is 0.245 e. The largest absolute Gasteiger partial charge is 0.276 e. The fourth-order valence-corrected chi connectivity index (χ4v) is 1.50. The number of hydrogen-bond acceptors (Lipinski definition) is 3. The Morgan fingerprint density at radius 3 is 2.94 bits per heavy atom. The standard InChI is InChI=1S/C11H7Cl2N3O/c12-8-3-1-2-7(6-8)11-14-10(15-16-11)5-4-9(13)17/h1-6H,(H,14,15,16)/b5-4-. The minimum absolute atomic E-state index is 0.453. The Kier molecular flexibility index (Phi) is 3.56. The van der Waals surface area contributed by atoms with E-state index in [1.807, 2.05) is 12.1 Å². The fraction of sp³-hybridized carbons (Fsp3) is 0. The maximum atomic E-state index is 10.5. The summed E-state index contributed by atoms with van der Waals surface area (Å²) in [5.74, 6) is 0.961. The van der Waals surface area contributed by atoms with Crippen molar-refractivity contribution in [3.05, 3.63) is 41.2 Å². The number of halogens is 2. The van der Waals surface area contributed by atoms with Gasteiger partial charge < -0.3 is 0 Å². The minimum Gasteiger partial charge on any atom is -0.276 e. The zero-order valence-corrected chi connectivity index (χ0v) is 10.0. The van der Waals surface area contributed by atoms with Gasteiger partial charge in [-0.1, -0.05) is 23.7 Å². The van der Waals surface area contributed by atoms with E-state index in [9.17, 15) is 4.79 Å². The van der Waals surface area contributed by atoms with E-state index in [2.05, 4.69) is 15.2 Å². The van der Waals surface area contributed by atoms with Gasteiger partial charge in [0.25, 0.3) is 0 Å². The van der Waals surface area contributed by atoms with Gasteiger partial charge in [0.2, 0.25) is 5.24 Å². The third-order valence-corrected chi connectivity index (χ3v) is 2.32. The van der Waals surface area contributed by atoms with E-state index in [1.54, 1.807) is 12.1 Å². The molecule has 17 heavy (non-hydrogen) atoms. The molecule has 0 aliphatic rings. The number of allylic oxidation sites excluding steroid dienone is 1. The van der Waals surface area contributed by atoms with Crippen LogP contribution < -0.4 is 0 Å². The van der Waals surface area contributed by atoms with E-state index in [-0.39, 0.29) is 0 Å². The third-order valence-electron chi connectivity index (χ3n) is 1.96. The van der Waals surface area contributed by atoms with Crippen molar-refractivity contribution in [1.29, 1.82) is 0 Å². The molecule has 0 bridgehead atoms. The summed E-state index contributed by atoms with van der Waals surface area (Å²) in [6.45, 7) is 0. The van der Waals surface area contributed by atoms with Gasteiger partial charge in [-0.05, 0) is 29.8 Å². The van der Waals surface area contributed by atoms with Gasteiger partial charge in [-0.3, -0.25) is 9.89 Å². The first-order valence-corrected chi connectivity index (χ1v) is 5.46. The lowest BCUT2D eigenvalue weighted by molar-refractivity contribution is -0.107. The van der Waals surface area contributed by atoms with Crippen LogP contribution in [0, 0.1) is 0 Å². The van der Waals surface area contributed by atoms with Crippen LogP contribution >= 0.6 is 23.2 Å². The number of hydrogen-bond donors (Lipinski definition) is 1. The molecule has 0 unspecified atom stereocenters. The number of carbonyl (C=O) groups is 1. The van der Waals surface area contributed by atoms with Crippen LogP contribution in [-0.4, -0.2) is 20.4 Å². The number of rotatable bonds is 3. The number of benzene rings is 1. The molecule has 2 rings (SSSR count). The first-order valence-electron chi connectivity index (χ1n) is 4.71. The lowest BCUT2D eigenvalue weighted by Crippen LogP contribution is -1.80. The van der Waals surface area contributed by atoms with E-state index in [0.717, 1.165) is 5.56 Å². The van der Waals surface area contributed by atoms with Gasteiger partial charge in [-0.2, -0.15) is 5.10 Å². The van der Waals surface area contributed by atoms with Gasteiger partial charge in [0.15, 0.2) is 5.82 Å². The molecular weight excluding hydrogens is 261 g/mol. The van der Waals surface area contributed by atoms with Crippen molar-refractivity contribution in [1.82, 2.24) is 15.2 Å². The second-order valence-electron chi connectivity index (χ2n) is 3.19. The monoisotopic (exact) mass is 267 g/mol. The average Bonchev–Trinajstić information content (AvgIpc) is 2.75. The van der Waals surface area contributed by atoms with Gasteiger partial charge in [0.1, 0.15) is 5.82 Å². The molecule has 0 saturated carbocycles. The Morgan fingerprint density at radius 1 is 1.41 bits per heavy atom. The minimum atomic E-state index is -0.564. The van der Waals surface area contributed by atoms with Crippen molar-refractivity contribution in [2.24, 2.45) is 0 Å². The quantitative estimate of drug-likeness (QED) is 0.687. The van der Waals surface area contributed by atoms with Crippen molar-refractivity contribution in [2.45, 2.75) is 0 Å². The molecule has 0 spiro atoms. The summed E-state index contributed by atoms with van der Waals surface area (Å²) in [5.41, 5.74) is 0.797. The highest BCUT2D eigenvalue weighted by atomic mass is 35.5. The maximum absolute atomic E-state index is 10.5. The van der Waals surface area contributed by atoms with Gasteiger partial charge in [-0.15, -0.1) is 0 Å². The van der Waals surface area contributed by atoms with Gasteiger partial charge in [0, 0.05) is 16.7 Å². The predicted molar refractivity (Wildman–Crippen MR) is 66.7 cm³/mol. The van der Waals surface area contributed by atoms with Crippen molar-refractivity contribution >= 4 is 34.5 Å². The predicted octanol–water partition coefficient (Wildman–Crippen LogP) is 2.90. The van der Waals surface area contributed by atoms with Crippen LogP contribution in [0.5, 0.6) is 0 Å². The molecule has 0 atom stereocenters. The normalized spacial score (nSPS) is 10.9. The van der Waals surface area contributed by atoms with Crippen LogP contribution in [0.4, 0.5) is 0 Å². The summed E-state index contributed by atoms with van der Waals surface area (Å²) in [5, 5.41) is 6.73. The lowest BCUT2D eigenvalue weighted by Gasteiger charge is -1.94. The molecule has 1 aromatic heterocycles. The SMILES string of the molecule is O=C(Cl)/C=C\c1nc(-c2cccc(Cl)c2)n[nH]1. The molecule has 1 aromatic carbocycles. The van der Waals surface area contributed by atoms with Crippen LogP contribution in [0.2, 0.25) is 5.02 Å². The lowest BCUT2D eigenvalue weighted by atomic mass is 10.2. The first-order chi connectivity index (χ1) is 8.15. The van der Waals surface area contributed by atoms with Gasteiger partial charge in [0.05, 0.1) is 0 Å². The van der Waals surface area contributed by atoms with Crippen molar-refractivity contribution in [2.75, 3.05) is 0 Å². The zero-order chi connectivity index (χ0) is 12.3. The molecular formula is C11H7Cl2N3O. The Labute approximate surface area is 107 Å². The molecule has 0 aliphatic carbocycles. The molecule has 0 fully saturated rings. The second-order valence-corrected chi connectivity index (χ2v) is 4.00. The fourth-order valence-electron chi connectivity index (χ4n) is 1.25. The van der Waals surface area contributed by atoms with Crippen LogP contribution in [0.1, 0.15) is 5.82 Å². The Balaban J connectivity index is 2.27. The molecule has 1 heterocycles. The summed E-state index contributed by atoms with van der Waals surface area (Å²) in [6.07, 6.45) is 2.65. The molecule has 1 N–H and O–H groups in total. The average molecular weight is 268 g/mol. The van der Waals surface area contributed by atoms with E-state index >= 15 is 0 Å². The highest BCUT2D eigenvalue weighted by Gasteiger charge is 2.04. The van der Waals surface area contributed by atoms with Crippen LogP contribution in [0.25, 0.3) is 17.5 Å². The molecule has 0 saturated heterocycles. The molecule has 2 aromatic rings. The summed E-state index contributed by atoms with van der Waals surface area (Å²) in [4.78, 5) is 14.7. The van der Waals surface area contributed by atoms with Gasteiger partial charge >= 0.3 is 0 Å². The summed E-state index contributed by atoms with van der Waals surface area (Å²) in [6, 6.07) is 7.18. The number of nitrogens with one attached hydrogen (secondary N) is 1. The number of carbonyl (C=O) groups excluding carboxylic acids is 1. The molecule has 86 valence electrons. The van der Waals surface area contributed by atoms with Crippen molar-refractivity contribution in [3.63, 3.8) is 0 Å². The van der Waals surface area contributed by atoms with Crippen LogP contribution in [0.3, 0.4) is 0 Å². The van der Waals surface area contributed by atoms with Gasteiger partial charge in [-0.25, -0.2) is 4.98 Å². The highest BCUT2D eigenvalue weighted by molar-refractivity contribution is 6.66. The summed E-state index contributed by atoms with van der Waals surface area (Å²) in [7, 11) is 0. The highest BCUT2D eigenvalue weighted by Crippen LogP contribution is 2.19. The van der Waals surface area contributed by atoms with E-state index in [4.69, 9.17) is 23.2 Å². The third kappa shape index (κ3) is 3.15. The van der Waals surface area contributed by atoms with Crippen molar-refractivity contribution < 1.29 is 4.79 Å². The number of aromatic nitrogens is 3. The molecule has 6 heteroatoms. The molecule has 0 amide bonds. The zero-order valence-electron chi connectivity index (χ0n) is 8.52. The molecule has 4 nitrogen and oxygen atoms in total. The molecule has 0 aliphatic heterocycles. The maximum Gasteiger partial charge on any atom is 0.245 e. The number of H-pyrrole nitrogens is 1. The number of aromatic amines is 1. The summed E-state index contributed by atoms with van der Waals surface area (Å²) >= 11 is 11.0. The number of nitrogens with zero attached hydrogens (tertiary/aromatic N) is 2. The van der Waals surface area contributed by atoms with E-state index < -0.39 is 5.24 Å². The Hall–Kier alpha value is -1.65. The van der Waals surface area contributed by atoms with E-state index in [1.165, 1.54) is 12.2 Å². The second kappa shape index (κ2) is 5.12. The van der Waals surface area contributed by atoms with Crippen LogP contribution in [-0.2, 0) is 4.79 Å². The Morgan fingerprint density at radius 2 is 2.24 bits per heavy atom. The van der Waals surface area contributed by atoms with E-state index in [0.29, 0.717) is 16.7 Å². The first kappa shape index (κ1) is 11.8. The summed E-state index contributed by atoms with van der Waals surface area (Å²) < 4.78 is 0. The van der Waals surface area contributed by atoms with Crippen LogP contribution in [0.15, 0.2) is 30.3 Å².